The van der Waals surface area contributed by atoms with Crippen LogP contribution in [0.3, 0.4) is 0 Å². The van der Waals surface area contributed by atoms with Crippen molar-refractivity contribution in [3.63, 3.8) is 0 Å². The number of ether oxygens (including phenoxy) is 1. The first-order chi connectivity index (χ1) is 6.50. The first-order valence-corrected chi connectivity index (χ1v) is 4.96. The molecule has 0 bridgehead atoms. The molecule has 1 rings (SSSR count). The molecule has 1 aromatic carbocycles. The zero-order chi connectivity index (χ0) is 10.7. The summed E-state index contributed by atoms with van der Waals surface area (Å²) < 4.78 is 5.63. The number of benzene rings is 1. The molecule has 0 spiro atoms. The second-order valence-corrected chi connectivity index (χ2v) is 3.88. The summed E-state index contributed by atoms with van der Waals surface area (Å²) in [7, 11) is 0. The maximum absolute atomic E-state index is 9.53. The van der Waals surface area contributed by atoms with E-state index in [0.29, 0.717) is 0 Å². The Kier molecular flexibility index (Phi) is 3.53. The van der Waals surface area contributed by atoms with Gasteiger partial charge in [-0.05, 0) is 39.3 Å². The molecule has 0 fully saturated rings. The fraction of sp³-hybridized carbons (Fsp3) is 0.500. The summed E-state index contributed by atoms with van der Waals surface area (Å²) in [6, 6.07) is 5.86. The third kappa shape index (κ3) is 2.74. The molecule has 0 radical (unpaired) electrons. The average molecular weight is 194 g/mol. The highest BCUT2D eigenvalue weighted by atomic mass is 16.5. The van der Waals surface area contributed by atoms with Gasteiger partial charge in [-0.3, -0.25) is 0 Å². The lowest BCUT2D eigenvalue weighted by atomic mass is 10.1. The number of hydrogen-bond donors (Lipinski definition) is 1. The molecule has 0 aliphatic rings. The minimum Gasteiger partial charge on any atom is -0.491 e. The van der Waals surface area contributed by atoms with Crippen molar-refractivity contribution < 1.29 is 9.84 Å². The predicted molar refractivity (Wildman–Crippen MR) is 57.6 cm³/mol. The summed E-state index contributed by atoms with van der Waals surface area (Å²) in [6.07, 6.45) is -0.348. The number of aliphatic hydroxyl groups excluding tert-OH is 1. The molecule has 14 heavy (non-hydrogen) atoms. The van der Waals surface area contributed by atoms with E-state index in [0.717, 1.165) is 16.9 Å². The van der Waals surface area contributed by atoms with E-state index in [-0.39, 0.29) is 6.10 Å². The van der Waals surface area contributed by atoms with Crippen molar-refractivity contribution in [1.29, 1.82) is 0 Å². The molecular weight excluding hydrogens is 176 g/mol. The summed E-state index contributed by atoms with van der Waals surface area (Å²) in [6.45, 7) is 7.72. The van der Waals surface area contributed by atoms with Crippen LogP contribution in [0.2, 0.25) is 0 Å². The van der Waals surface area contributed by atoms with Gasteiger partial charge in [-0.1, -0.05) is 12.1 Å². The first kappa shape index (κ1) is 11.1. The van der Waals surface area contributed by atoms with Crippen molar-refractivity contribution in [1.82, 2.24) is 0 Å². The molecule has 0 aliphatic carbocycles. The third-order valence-corrected chi connectivity index (χ3v) is 1.98. The van der Waals surface area contributed by atoms with E-state index in [2.05, 4.69) is 0 Å². The van der Waals surface area contributed by atoms with Gasteiger partial charge < -0.3 is 9.84 Å². The fourth-order valence-corrected chi connectivity index (χ4v) is 1.34. The Morgan fingerprint density at radius 2 is 1.86 bits per heavy atom. The van der Waals surface area contributed by atoms with Crippen LogP contribution in [0.15, 0.2) is 18.2 Å². The summed E-state index contributed by atoms with van der Waals surface area (Å²) in [5, 5.41) is 9.53. The van der Waals surface area contributed by atoms with Gasteiger partial charge in [0.2, 0.25) is 0 Å². The average Bonchev–Trinajstić information content (AvgIpc) is 2.01. The molecular formula is C12H18O2. The second kappa shape index (κ2) is 4.47. The Morgan fingerprint density at radius 1 is 1.21 bits per heavy atom. The molecule has 1 atom stereocenters. The summed E-state index contributed by atoms with van der Waals surface area (Å²) in [5.41, 5.74) is 1.99. The Bertz CT molecular complexity index is 303. The monoisotopic (exact) mass is 194 g/mol. The number of rotatable bonds is 3. The van der Waals surface area contributed by atoms with E-state index >= 15 is 0 Å². The SMILES string of the molecule is Cc1ccc([C@H](C)O)c(OC(C)C)c1. The van der Waals surface area contributed by atoms with Crippen LogP contribution >= 0.6 is 0 Å². The lowest BCUT2D eigenvalue weighted by molar-refractivity contribution is 0.183. The predicted octanol–water partition coefficient (Wildman–Crippen LogP) is 2.84. The molecule has 1 aromatic rings. The lowest BCUT2D eigenvalue weighted by Crippen LogP contribution is -2.08. The molecule has 1 N–H and O–H groups in total. The molecule has 0 aromatic heterocycles. The van der Waals surface area contributed by atoms with Gasteiger partial charge in [-0.2, -0.15) is 0 Å². The maximum Gasteiger partial charge on any atom is 0.125 e. The van der Waals surface area contributed by atoms with Gasteiger partial charge in [-0.25, -0.2) is 0 Å². The van der Waals surface area contributed by atoms with Crippen LogP contribution in [-0.4, -0.2) is 11.2 Å². The number of hydrogen-bond acceptors (Lipinski definition) is 2. The quantitative estimate of drug-likeness (QED) is 0.801. The Morgan fingerprint density at radius 3 is 2.36 bits per heavy atom. The Balaban J connectivity index is 3.03. The van der Waals surface area contributed by atoms with Crippen LogP contribution < -0.4 is 4.74 Å². The van der Waals surface area contributed by atoms with Crippen LogP contribution in [0.25, 0.3) is 0 Å². The lowest BCUT2D eigenvalue weighted by Gasteiger charge is -2.16. The van der Waals surface area contributed by atoms with Gasteiger partial charge >= 0.3 is 0 Å². The zero-order valence-electron chi connectivity index (χ0n) is 9.24. The highest BCUT2D eigenvalue weighted by Gasteiger charge is 2.10. The van der Waals surface area contributed by atoms with Crippen LogP contribution in [0, 0.1) is 6.92 Å². The maximum atomic E-state index is 9.53. The van der Waals surface area contributed by atoms with Crippen molar-refractivity contribution >= 4 is 0 Å². The van der Waals surface area contributed by atoms with E-state index in [1.165, 1.54) is 0 Å². The summed E-state index contributed by atoms with van der Waals surface area (Å²) >= 11 is 0. The fourth-order valence-electron chi connectivity index (χ4n) is 1.34. The smallest absolute Gasteiger partial charge is 0.125 e. The highest BCUT2D eigenvalue weighted by molar-refractivity contribution is 5.38. The largest absolute Gasteiger partial charge is 0.491 e. The van der Waals surface area contributed by atoms with Crippen LogP contribution in [0.1, 0.15) is 38.0 Å². The molecule has 0 heterocycles. The van der Waals surface area contributed by atoms with Crippen molar-refractivity contribution in [2.75, 3.05) is 0 Å². The number of aliphatic hydroxyl groups is 1. The van der Waals surface area contributed by atoms with Gasteiger partial charge in [0.15, 0.2) is 0 Å². The standard InChI is InChI=1S/C12H18O2/c1-8(2)14-12-7-9(3)5-6-11(12)10(4)13/h5-8,10,13H,1-4H3/t10-/m0/s1. The van der Waals surface area contributed by atoms with E-state index in [1.807, 2.05) is 39.0 Å². The second-order valence-electron chi connectivity index (χ2n) is 3.88. The minimum atomic E-state index is -0.482. The molecule has 0 amide bonds. The summed E-state index contributed by atoms with van der Waals surface area (Å²) in [5.74, 6) is 0.787. The molecule has 2 nitrogen and oxygen atoms in total. The van der Waals surface area contributed by atoms with E-state index < -0.39 is 6.10 Å². The highest BCUT2D eigenvalue weighted by Crippen LogP contribution is 2.26. The molecule has 0 unspecified atom stereocenters. The minimum absolute atomic E-state index is 0.134. The van der Waals surface area contributed by atoms with Crippen molar-refractivity contribution in [2.24, 2.45) is 0 Å². The molecule has 0 saturated carbocycles. The van der Waals surface area contributed by atoms with E-state index in [1.54, 1.807) is 6.92 Å². The van der Waals surface area contributed by atoms with E-state index in [9.17, 15) is 5.11 Å². The van der Waals surface area contributed by atoms with Gasteiger partial charge in [0.05, 0.1) is 12.2 Å². The van der Waals surface area contributed by atoms with Gasteiger partial charge in [0, 0.05) is 5.56 Å². The Hall–Kier alpha value is -1.02. The van der Waals surface area contributed by atoms with Gasteiger partial charge in [0.25, 0.3) is 0 Å². The molecule has 0 aliphatic heterocycles. The van der Waals surface area contributed by atoms with Crippen molar-refractivity contribution in [2.45, 2.75) is 39.9 Å². The molecule has 2 heteroatoms. The zero-order valence-corrected chi connectivity index (χ0v) is 9.24. The van der Waals surface area contributed by atoms with Crippen molar-refractivity contribution in [3.05, 3.63) is 29.3 Å². The topological polar surface area (TPSA) is 29.5 Å². The number of aryl methyl sites for hydroxylation is 1. The normalized spacial score (nSPS) is 13.0. The third-order valence-electron chi connectivity index (χ3n) is 1.98. The van der Waals surface area contributed by atoms with Crippen LogP contribution in [0.5, 0.6) is 5.75 Å². The molecule has 0 saturated heterocycles. The van der Waals surface area contributed by atoms with Gasteiger partial charge in [0.1, 0.15) is 5.75 Å². The van der Waals surface area contributed by atoms with Crippen LogP contribution in [0.4, 0.5) is 0 Å². The first-order valence-electron chi connectivity index (χ1n) is 4.96. The van der Waals surface area contributed by atoms with E-state index in [4.69, 9.17) is 4.74 Å². The Labute approximate surface area is 85.5 Å². The van der Waals surface area contributed by atoms with Crippen molar-refractivity contribution in [3.8, 4) is 5.75 Å². The van der Waals surface area contributed by atoms with Crippen LogP contribution in [-0.2, 0) is 0 Å². The van der Waals surface area contributed by atoms with Gasteiger partial charge in [-0.15, -0.1) is 0 Å². The summed E-state index contributed by atoms with van der Waals surface area (Å²) in [4.78, 5) is 0. The molecule has 78 valence electrons.